The number of anilines is 5. The summed E-state index contributed by atoms with van der Waals surface area (Å²) in [5, 5.41) is 0. The molecule has 0 spiro atoms. The molecule has 0 aliphatic heterocycles. The van der Waals surface area contributed by atoms with Gasteiger partial charge in [-0.15, -0.1) is 0 Å². The predicted molar refractivity (Wildman–Crippen MR) is 234 cm³/mol. The second kappa shape index (κ2) is 17.1. The fourth-order valence-electron chi connectivity index (χ4n) is 6.89. The molecule has 0 saturated carbocycles. The zero-order valence-electron chi connectivity index (χ0n) is 32.0. The van der Waals surface area contributed by atoms with Gasteiger partial charge in [0.2, 0.25) is 0 Å². The van der Waals surface area contributed by atoms with Crippen molar-refractivity contribution in [3.05, 3.63) is 214 Å². The van der Waals surface area contributed by atoms with E-state index < -0.39 is 0 Å². The van der Waals surface area contributed by atoms with E-state index >= 15 is 0 Å². The summed E-state index contributed by atoms with van der Waals surface area (Å²) in [5.74, 6) is 0. The molecule has 2 heteroatoms. The molecule has 54 heavy (non-hydrogen) atoms. The van der Waals surface area contributed by atoms with Crippen LogP contribution in [0.5, 0.6) is 0 Å². The molecule has 0 heterocycles. The van der Waals surface area contributed by atoms with Gasteiger partial charge in [-0.1, -0.05) is 140 Å². The van der Waals surface area contributed by atoms with Crippen LogP contribution in [0.15, 0.2) is 175 Å². The third-order valence-corrected chi connectivity index (χ3v) is 10.3. The Hall–Kier alpha value is -6.12. The summed E-state index contributed by atoms with van der Waals surface area (Å²) in [5.41, 5.74) is 17.3. The Morgan fingerprint density at radius 2 is 0.741 bits per heavy atom. The topological polar surface area (TPSA) is 6.48 Å². The zero-order valence-corrected chi connectivity index (χ0v) is 32.0. The van der Waals surface area contributed by atoms with Gasteiger partial charge in [0, 0.05) is 34.1 Å². The molecule has 0 radical (unpaired) electrons. The number of hydrogen-bond acceptors (Lipinski definition) is 2. The van der Waals surface area contributed by atoms with Crippen LogP contribution in [0.3, 0.4) is 0 Å². The molecule has 1 aliphatic rings. The first-order chi connectivity index (χ1) is 26.4. The summed E-state index contributed by atoms with van der Waals surface area (Å²) < 4.78 is 0. The van der Waals surface area contributed by atoms with Crippen molar-refractivity contribution in [2.24, 2.45) is 0 Å². The summed E-state index contributed by atoms with van der Waals surface area (Å²) in [6, 6.07) is 53.1. The van der Waals surface area contributed by atoms with Gasteiger partial charge < -0.3 is 9.80 Å². The van der Waals surface area contributed by atoms with Crippen LogP contribution in [0.2, 0.25) is 0 Å². The average molecular weight is 703 g/mol. The van der Waals surface area contributed by atoms with E-state index in [-0.39, 0.29) is 0 Å². The number of benzene rings is 6. The maximum Gasteiger partial charge on any atom is 0.0462 e. The van der Waals surface area contributed by atoms with Crippen LogP contribution in [0.4, 0.5) is 28.4 Å². The molecule has 0 atom stereocenters. The van der Waals surface area contributed by atoms with Gasteiger partial charge in [-0.05, 0) is 140 Å². The second-order valence-electron chi connectivity index (χ2n) is 14.2. The lowest BCUT2D eigenvalue weighted by atomic mass is 9.99. The zero-order chi connectivity index (χ0) is 37.3. The van der Waals surface area contributed by atoms with Crippen molar-refractivity contribution in [3.63, 3.8) is 0 Å². The van der Waals surface area contributed by atoms with Crippen LogP contribution in [0.25, 0.3) is 18.2 Å². The molecular formula is C52H50N2. The first-order valence-corrected chi connectivity index (χ1v) is 19.3. The summed E-state index contributed by atoms with van der Waals surface area (Å²) >= 11 is 0. The van der Waals surface area contributed by atoms with Gasteiger partial charge in [-0.2, -0.15) is 0 Å². The highest BCUT2D eigenvalue weighted by atomic mass is 15.2. The average Bonchev–Trinajstić information content (AvgIpc) is 3.23. The van der Waals surface area contributed by atoms with E-state index in [0.29, 0.717) is 0 Å². The molecule has 0 aromatic heterocycles. The number of rotatable bonds is 12. The Labute approximate surface area is 322 Å². The fraction of sp³-hybridized carbons (Fsp3) is 0.154. The van der Waals surface area contributed by atoms with Crippen molar-refractivity contribution in [2.75, 3.05) is 9.80 Å². The van der Waals surface area contributed by atoms with Crippen molar-refractivity contribution in [1.82, 2.24) is 0 Å². The summed E-state index contributed by atoms with van der Waals surface area (Å²) in [6.45, 7) is 8.68. The van der Waals surface area contributed by atoms with Crippen molar-refractivity contribution < 1.29 is 0 Å². The number of hydrogen-bond donors (Lipinski definition) is 0. The molecule has 6 aromatic carbocycles. The van der Waals surface area contributed by atoms with Gasteiger partial charge >= 0.3 is 0 Å². The van der Waals surface area contributed by atoms with Gasteiger partial charge in [0.25, 0.3) is 0 Å². The number of allylic oxidation sites excluding steroid dienone is 5. The molecular weight excluding hydrogens is 653 g/mol. The monoisotopic (exact) mass is 702 g/mol. The van der Waals surface area contributed by atoms with Crippen molar-refractivity contribution in [2.45, 2.75) is 53.4 Å². The third kappa shape index (κ3) is 8.90. The van der Waals surface area contributed by atoms with E-state index in [0.717, 1.165) is 42.7 Å². The standard InChI is InChI=1S/C52H50N2/c1-5-41-19-31-49(32-20-41)53(47-27-7-39(3)8-28-47)51-35-23-45(24-36-51)17-15-43-11-13-44(14-12-43)16-18-46-25-37-52(38-26-46)54(48-29-9-40(4)10-30-48)50-33-21-42(6-2)22-34-50/h7-25,27-37H,5-6,26,38H2,1-4H3. The SMILES string of the molecule is CCc1ccc(N(C2=CC=C(C=Cc3ccc(C=Cc4ccc(N(c5ccc(C)cc5)c5ccc(CC)cc5)cc4)cc3)CC2)c2ccc(C)cc2)cc1. The molecule has 0 bridgehead atoms. The summed E-state index contributed by atoms with van der Waals surface area (Å²) in [4.78, 5) is 4.73. The van der Waals surface area contributed by atoms with E-state index in [1.165, 1.54) is 61.6 Å². The lowest BCUT2D eigenvalue weighted by Crippen LogP contribution is -2.17. The molecule has 7 rings (SSSR count). The van der Waals surface area contributed by atoms with E-state index in [1.807, 2.05) is 0 Å². The summed E-state index contributed by atoms with van der Waals surface area (Å²) in [6.07, 6.45) is 17.5. The molecule has 6 aromatic rings. The third-order valence-electron chi connectivity index (χ3n) is 10.3. The largest absolute Gasteiger partial charge is 0.314 e. The van der Waals surface area contributed by atoms with E-state index in [2.05, 4.69) is 220 Å². The van der Waals surface area contributed by atoms with Crippen LogP contribution in [0, 0.1) is 13.8 Å². The minimum absolute atomic E-state index is 0.986. The number of aryl methyl sites for hydroxylation is 4. The highest BCUT2D eigenvalue weighted by Crippen LogP contribution is 2.36. The normalized spacial score (nSPS) is 12.9. The Morgan fingerprint density at radius 3 is 1.13 bits per heavy atom. The Bertz CT molecular complexity index is 2250. The van der Waals surface area contributed by atoms with Gasteiger partial charge in [0.1, 0.15) is 0 Å². The van der Waals surface area contributed by atoms with E-state index in [1.54, 1.807) is 0 Å². The van der Waals surface area contributed by atoms with Gasteiger partial charge in [-0.3, -0.25) is 0 Å². The molecule has 0 saturated heterocycles. The Morgan fingerprint density at radius 1 is 0.389 bits per heavy atom. The highest BCUT2D eigenvalue weighted by molar-refractivity contribution is 5.78. The molecule has 0 N–H and O–H groups in total. The quantitative estimate of drug-likeness (QED) is 0.117. The Balaban J connectivity index is 1.02. The lowest BCUT2D eigenvalue weighted by molar-refractivity contribution is 0.892. The highest BCUT2D eigenvalue weighted by Gasteiger charge is 2.17. The van der Waals surface area contributed by atoms with Crippen molar-refractivity contribution in [3.8, 4) is 0 Å². The molecule has 0 unspecified atom stereocenters. The minimum Gasteiger partial charge on any atom is -0.314 e. The van der Waals surface area contributed by atoms with Crippen molar-refractivity contribution in [1.29, 1.82) is 0 Å². The van der Waals surface area contributed by atoms with Crippen LogP contribution in [-0.4, -0.2) is 0 Å². The smallest absolute Gasteiger partial charge is 0.0462 e. The van der Waals surface area contributed by atoms with E-state index in [9.17, 15) is 0 Å². The molecule has 1 aliphatic carbocycles. The molecule has 2 nitrogen and oxygen atoms in total. The maximum absolute atomic E-state index is 2.41. The molecule has 268 valence electrons. The molecule has 0 fully saturated rings. The predicted octanol–water partition coefficient (Wildman–Crippen LogP) is 14.5. The Kier molecular flexibility index (Phi) is 11.5. The summed E-state index contributed by atoms with van der Waals surface area (Å²) in [7, 11) is 0. The number of nitrogens with zero attached hydrogens (tertiary/aromatic N) is 2. The lowest BCUT2D eigenvalue weighted by Gasteiger charge is -2.30. The first kappa shape index (κ1) is 36.2. The van der Waals surface area contributed by atoms with Gasteiger partial charge in [-0.25, -0.2) is 0 Å². The van der Waals surface area contributed by atoms with Crippen LogP contribution >= 0.6 is 0 Å². The van der Waals surface area contributed by atoms with Gasteiger partial charge in [0.15, 0.2) is 0 Å². The molecule has 0 amide bonds. The second-order valence-corrected chi connectivity index (χ2v) is 14.2. The fourth-order valence-corrected chi connectivity index (χ4v) is 6.89. The van der Waals surface area contributed by atoms with Crippen molar-refractivity contribution >= 4 is 46.7 Å². The van der Waals surface area contributed by atoms with Crippen LogP contribution < -0.4 is 9.80 Å². The van der Waals surface area contributed by atoms with Gasteiger partial charge in [0.05, 0.1) is 0 Å². The first-order valence-electron chi connectivity index (χ1n) is 19.3. The minimum atomic E-state index is 0.986. The van der Waals surface area contributed by atoms with Crippen LogP contribution in [0.1, 0.15) is 65.6 Å². The van der Waals surface area contributed by atoms with E-state index in [4.69, 9.17) is 0 Å². The maximum atomic E-state index is 2.41. The van der Waals surface area contributed by atoms with Crippen LogP contribution in [-0.2, 0) is 12.8 Å².